The van der Waals surface area contributed by atoms with E-state index in [9.17, 15) is 4.79 Å². The van der Waals surface area contributed by atoms with Crippen molar-refractivity contribution in [3.05, 3.63) is 47.8 Å². The number of nitrogens with two attached hydrogens (primary N) is 1. The average molecular weight is 245 g/mol. The van der Waals surface area contributed by atoms with Gasteiger partial charge in [0.2, 0.25) is 0 Å². The van der Waals surface area contributed by atoms with Crippen LogP contribution in [0.1, 0.15) is 11.3 Å². The van der Waals surface area contributed by atoms with Crippen LogP contribution in [0.5, 0.6) is 0 Å². The molecule has 2 aromatic rings. The maximum absolute atomic E-state index is 11.6. The van der Waals surface area contributed by atoms with Crippen molar-refractivity contribution in [2.75, 3.05) is 5.73 Å². The number of carbonyl (C=O) groups excluding carboxylic acids is 1. The van der Waals surface area contributed by atoms with E-state index in [1.807, 2.05) is 25.2 Å². The first-order chi connectivity index (χ1) is 8.63. The summed E-state index contributed by atoms with van der Waals surface area (Å²) in [5.41, 5.74) is 7.86. The molecule has 0 aliphatic carbocycles. The summed E-state index contributed by atoms with van der Waals surface area (Å²) in [4.78, 5) is 11.6. The van der Waals surface area contributed by atoms with Gasteiger partial charge in [-0.05, 0) is 23.8 Å². The fourth-order valence-corrected chi connectivity index (χ4v) is 1.62. The van der Waals surface area contributed by atoms with Crippen LogP contribution < -0.4 is 5.73 Å². The minimum absolute atomic E-state index is 0.196. The Bertz CT molecular complexity index is 549. The second-order valence-electron chi connectivity index (χ2n) is 4.06. The summed E-state index contributed by atoms with van der Waals surface area (Å²) in [7, 11) is 1.82. The van der Waals surface area contributed by atoms with Gasteiger partial charge in [0.15, 0.2) is 0 Å². The SMILES string of the molecule is Cn1ccc(COC(=O)Cc2cccc(N)c2)n1. The smallest absolute Gasteiger partial charge is 0.310 e. The zero-order valence-electron chi connectivity index (χ0n) is 10.2. The summed E-state index contributed by atoms with van der Waals surface area (Å²) < 4.78 is 6.80. The third-order valence-electron chi connectivity index (χ3n) is 2.45. The van der Waals surface area contributed by atoms with Gasteiger partial charge in [-0.2, -0.15) is 5.10 Å². The predicted octanol–water partition coefficient (Wildman–Crippen LogP) is 1.29. The monoisotopic (exact) mass is 245 g/mol. The molecule has 1 aromatic heterocycles. The summed E-state index contributed by atoms with van der Waals surface area (Å²) in [5, 5.41) is 4.12. The highest BCUT2D eigenvalue weighted by molar-refractivity contribution is 5.73. The van der Waals surface area contributed by atoms with Crippen LogP contribution in [0.3, 0.4) is 0 Å². The molecular formula is C13H15N3O2. The third-order valence-corrected chi connectivity index (χ3v) is 2.45. The van der Waals surface area contributed by atoms with Gasteiger partial charge in [-0.15, -0.1) is 0 Å². The Morgan fingerprint density at radius 3 is 2.94 bits per heavy atom. The van der Waals surface area contributed by atoms with E-state index >= 15 is 0 Å². The highest BCUT2D eigenvalue weighted by atomic mass is 16.5. The van der Waals surface area contributed by atoms with Crippen molar-refractivity contribution in [3.8, 4) is 0 Å². The highest BCUT2D eigenvalue weighted by Crippen LogP contribution is 2.08. The molecule has 2 N–H and O–H groups in total. The Hall–Kier alpha value is -2.30. The number of anilines is 1. The molecule has 0 amide bonds. The first-order valence-electron chi connectivity index (χ1n) is 5.62. The van der Waals surface area contributed by atoms with E-state index in [0.29, 0.717) is 5.69 Å². The molecule has 0 spiro atoms. The van der Waals surface area contributed by atoms with Gasteiger partial charge in [0, 0.05) is 18.9 Å². The number of rotatable bonds is 4. The molecule has 1 heterocycles. The largest absolute Gasteiger partial charge is 0.459 e. The molecule has 2 rings (SSSR count). The number of hydrogen-bond acceptors (Lipinski definition) is 4. The minimum atomic E-state index is -0.286. The molecule has 5 heteroatoms. The van der Waals surface area contributed by atoms with Gasteiger partial charge in [-0.3, -0.25) is 9.48 Å². The zero-order valence-corrected chi connectivity index (χ0v) is 10.2. The lowest BCUT2D eigenvalue weighted by molar-refractivity contribution is -0.144. The van der Waals surface area contributed by atoms with Crippen LogP contribution >= 0.6 is 0 Å². The summed E-state index contributed by atoms with van der Waals surface area (Å²) >= 11 is 0. The normalized spacial score (nSPS) is 10.3. The molecule has 0 radical (unpaired) electrons. The number of esters is 1. The molecule has 94 valence electrons. The van der Waals surface area contributed by atoms with Crippen molar-refractivity contribution < 1.29 is 9.53 Å². The fourth-order valence-electron chi connectivity index (χ4n) is 1.62. The van der Waals surface area contributed by atoms with E-state index in [1.54, 1.807) is 23.0 Å². The van der Waals surface area contributed by atoms with Gasteiger partial charge >= 0.3 is 5.97 Å². The lowest BCUT2D eigenvalue weighted by Gasteiger charge is -2.03. The van der Waals surface area contributed by atoms with E-state index in [2.05, 4.69) is 5.10 Å². The van der Waals surface area contributed by atoms with Crippen molar-refractivity contribution in [1.29, 1.82) is 0 Å². The maximum atomic E-state index is 11.6. The van der Waals surface area contributed by atoms with Crippen molar-refractivity contribution in [1.82, 2.24) is 9.78 Å². The summed E-state index contributed by atoms with van der Waals surface area (Å²) in [6.45, 7) is 0.196. The highest BCUT2D eigenvalue weighted by Gasteiger charge is 2.06. The van der Waals surface area contributed by atoms with Gasteiger partial charge in [-0.1, -0.05) is 12.1 Å². The molecule has 0 aliphatic rings. The standard InChI is InChI=1S/C13H15N3O2/c1-16-6-5-12(15-16)9-18-13(17)8-10-3-2-4-11(14)7-10/h2-7H,8-9,14H2,1H3. The topological polar surface area (TPSA) is 70.1 Å². The third kappa shape index (κ3) is 3.35. The minimum Gasteiger partial charge on any atom is -0.459 e. The van der Waals surface area contributed by atoms with Crippen molar-refractivity contribution in [2.24, 2.45) is 7.05 Å². The molecule has 0 saturated heterocycles. The number of ether oxygens (including phenoxy) is 1. The molecule has 0 saturated carbocycles. The van der Waals surface area contributed by atoms with Gasteiger partial charge < -0.3 is 10.5 Å². The van der Waals surface area contributed by atoms with Crippen LogP contribution in [0.4, 0.5) is 5.69 Å². The second kappa shape index (κ2) is 5.35. The molecule has 18 heavy (non-hydrogen) atoms. The fraction of sp³-hybridized carbons (Fsp3) is 0.231. The first-order valence-corrected chi connectivity index (χ1v) is 5.62. The van der Waals surface area contributed by atoms with Gasteiger partial charge in [0.05, 0.1) is 12.1 Å². The molecule has 0 aliphatic heterocycles. The number of hydrogen-bond donors (Lipinski definition) is 1. The molecule has 5 nitrogen and oxygen atoms in total. The predicted molar refractivity (Wildman–Crippen MR) is 67.6 cm³/mol. The molecule has 0 fully saturated rings. The number of aromatic nitrogens is 2. The van der Waals surface area contributed by atoms with Crippen molar-refractivity contribution in [2.45, 2.75) is 13.0 Å². The lowest BCUT2D eigenvalue weighted by atomic mass is 10.1. The van der Waals surface area contributed by atoms with E-state index in [1.165, 1.54) is 0 Å². The molecule has 1 aromatic carbocycles. The number of carbonyl (C=O) groups is 1. The maximum Gasteiger partial charge on any atom is 0.310 e. The Kier molecular flexibility index (Phi) is 3.62. The lowest BCUT2D eigenvalue weighted by Crippen LogP contribution is -2.08. The molecule has 0 bridgehead atoms. The Morgan fingerprint density at radius 1 is 1.44 bits per heavy atom. The average Bonchev–Trinajstić information content (AvgIpc) is 2.73. The Labute approximate surface area is 105 Å². The number of nitrogens with zero attached hydrogens (tertiary/aromatic N) is 2. The van der Waals surface area contributed by atoms with Crippen LogP contribution in [0.25, 0.3) is 0 Å². The summed E-state index contributed by atoms with van der Waals surface area (Å²) in [5.74, 6) is -0.286. The van der Waals surface area contributed by atoms with E-state index in [-0.39, 0.29) is 19.0 Å². The van der Waals surface area contributed by atoms with Crippen LogP contribution in [0.15, 0.2) is 36.5 Å². The molecular weight excluding hydrogens is 230 g/mol. The molecule has 0 unspecified atom stereocenters. The second-order valence-corrected chi connectivity index (χ2v) is 4.06. The summed E-state index contributed by atoms with van der Waals surface area (Å²) in [6, 6.07) is 9.02. The Morgan fingerprint density at radius 2 is 2.28 bits per heavy atom. The number of aryl methyl sites for hydroxylation is 1. The van der Waals surface area contributed by atoms with Crippen molar-refractivity contribution in [3.63, 3.8) is 0 Å². The first kappa shape index (κ1) is 12.2. The van der Waals surface area contributed by atoms with Gasteiger partial charge in [-0.25, -0.2) is 0 Å². The molecule has 0 atom stereocenters. The van der Waals surface area contributed by atoms with Crippen LogP contribution in [0, 0.1) is 0 Å². The van der Waals surface area contributed by atoms with E-state index < -0.39 is 0 Å². The van der Waals surface area contributed by atoms with E-state index in [0.717, 1.165) is 11.3 Å². The quantitative estimate of drug-likeness (QED) is 0.651. The van der Waals surface area contributed by atoms with Crippen LogP contribution in [-0.2, 0) is 29.6 Å². The number of benzene rings is 1. The van der Waals surface area contributed by atoms with Crippen LogP contribution in [-0.4, -0.2) is 15.7 Å². The zero-order chi connectivity index (χ0) is 13.0. The van der Waals surface area contributed by atoms with Crippen molar-refractivity contribution >= 4 is 11.7 Å². The Balaban J connectivity index is 1.85. The van der Waals surface area contributed by atoms with Gasteiger partial charge in [0.1, 0.15) is 6.61 Å². The van der Waals surface area contributed by atoms with Crippen LogP contribution in [0.2, 0.25) is 0 Å². The van der Waals surface area contributed by atoms with Gasteiger partial charge in [0.25, 0.3) is 0 Å². The number of nitrogen functional groups attached to an aromatic ring is 1. The van der Waals surface area contributed by atoms with E-state index in [4.69, 9.17) is 10.5 Å². The summed E-state index contributed by atoms with van der Waals surface area (Å²) in [6.07, 6.45) is 2.03.